The number of hydrogen-bond donors (Lipinski definition) is 1. The summed E-state index contributed by atoms with van der Waals surface area (Å²) in [5.74, 6) is 1.66. The second kappa shape index (κ2) is 4.51. The van der Waals surface area contributed by atoms with Crippen molar-refractivity contribution in [2.45, 2.75) is 6.92 Å². The third-order valence-electron chi connectivity index (χ3n) is 2.46. The summed E-state index contributed by atoms with van der Waals surface area (Å²) in [5.41, 5.74) is 7.20. The fourth-order valence-electron chi connectivity index (χ4n) is 1.73. The van der Waals surface area contributed by atoms with E-state index >= 15 is 0 Å². The number of aromatic nitrogens is 4. The molecule has 0 fully saturated rings. The van der Waals surface area contributed by atoms with Gasteiger partial charge in [-0.05, 0) is 19.1 Å². The third kappa shape index (κ3) is 2.37. The summed E-state index contributed by atoms with van der Waals surface area (Å²) >= 11 is 3.38. The highest BCUT2D eigenvalue weighted by molar-refractivity contribution is 9.10. The lowest BCUT2D eigenvalue weighted by Gasteiger charge is -2.08. The molecule has 96 valence electrons. The maximum Gasteiger partial charge on any atom is 0.255 e. The summed E-state index contributed by atoms with van der Waals surface area (Å²) in [6.45, 7) is 1.87. The minimum atomic E-state index is 0.498. The standard InChI is InChI=1S/C12H10BrN5O/c1-7-2-11(18-12(17-7)15-6-16-18)19-10-4-8(13)3-9(14)5-10/h2-6H,14H2,1H3. The average Bonchev–Trinajstić information content (AvgIpc) is 2.75. The largest absolute Gasteiger partial charge is 0.439 e. The van der Waals surface area contributed by atoms with Gasteiger partial charge in [0.2, 0.25) is 5.88 Å². The van der Waals surface area contributed by atoms with Gasteiger partial charge in [-0.2, -0.15) is 14.6 Å². The summed E-state index contributed by atoms with van der Waals surface area (Å²) in [6.07, 6.45) is 1.43. The fourth-order valence-corrected chi connectivity index (χ4v) is 2.22. The van der Waals surface area contributed by atoms with E-state index in [1.807, 2.05) is 13.0 Å². The van der Waals surface area contributed by atoms with E-state index in [1.54, 1.807) is 18.2 Å². The van der Waals surface area contributed by atoms with Crippen molar-refractivity contribution < 1.29 is 4.74 Å². The van der Waals surface area contributed by atoms with Crippen LogP contribution in [0.1, 0.15) is 5.69 Å². The van der Waals surface area contributed by atoms with Gasteiger partial charge in [0.25, 0.3) is 5.78 Å². The first-order valence-electron chi connectivity index (χ1n) is 5.53. The van der Waals surface area contributed by atoms with Crippen molar-refractivity contribution in [2.24, 2.45) is 0 Å². The summed E-state index contributed by atoms with van der Waals surface area (Å²) < 4.78 is 8.18. The van der Waals surface area contributed by atoms with Gasteiger partial charge in [-0.3, -0.25) is 0 Å². The summed E-state index contributed by atoms with van der Waals surface area (Å²) in [5, 5.41) is 4.08. The van der Waals surface area contributed by atoms with Crippen molar-refractivity contribution in [3.05, 3.63) is 40.8 Å². The molecule has 0 radical (unpaired) electrons. The SMILES string of the molecule is Cc1cc(Oc2cc(N)cc(Br)c2)n2ncnc2n1. The highest BCUT2D eigenvalue weighted by atomic mass is 79.9. The maximum atomic E-state index is 5.80. The number of fused-ring (bicyclic) bond motifs is 1. The number of benzene rings is 1. The Morgan fingerprint density at radius 2 is 2.11 bits per heavy atom. The van der Waals surface area contributed by atoms with E-state index in [1.165, 1.54) is 10.8 Å². The molecule has 0 aliphatic rings. The molecule has 0 spiro atoms. The van der Waals surface area contributed by atoms with Crippen LogP contribution in [0, 0.1) is 6.92 Å². The molecule has 0 atom stereocenters. The van der Waals surface area contributed by atoms with Crippen LogP contribution in [0.15, 0.2) is 35.1 Å². The predicted molar refractivity (Wildman–Crippen MR) is 74.1 cm³/mol. The van der Waals surface area contributed by atoms with E-state index in [2.05, 4.69) is 31.0 Å². The molecule has 0 bridgehead atoms. The molecule has 0 saturated heterocycles. The Morgan fingerprint density at radius 1 is 1.26 bits per heavy atom. The van der Waals surface area contributed by atoms with Crippen molar-refractivity contribution in [1.29, 1.82) is 0 Å². The second-order valence-corrected chi connectivity index (χ2v) is 4.95. The Balaban J connectivity index is 2.07. The topological polar surface area (TPSA) is 78.3 Å². The summed E-state index contributed by atoms with van der Waals surface area (Å²) in [7, 11) is 0. The van der Waals surface area contributed by atoms with Gasteiger partial charge in [0.05, 0.1) is 0 Å². The quantitative estimate of drug-likeness (QED) is 0.734. The number of nitrogens with zero attached hydrogens (tertiary/aromatic N) is 4. The van der Waals surface area contributed by atoms with Gasteiger partial charge in [0.1, 0.15) is 12.1 Å². The van der Waals surface area contributed by atoms with Gasteiger partial charge in [-0.25, -0.2) is 4.98 Å². The first kappa shape index (κ1) is 11.9. The monoisotopic (exact) mass is 319 g/mol. The zero-order valence-corrected chi connectivity index (χ0v) is 11.6. The lowest BCUT2D eigenvalue weighted by atomic mass is 10.3. The van der Waals surface area contributed by atoms with Crippen LogP contribution in [0.25, 0.3) is 5.78 Å². The predicted octanol–water partition coefficient (Wildman–Crippen LogP) is 2.57. The van der Waals surface area contributed by atoms with Gasteiger partial charge in [-0.1, -0.05) is 15.9 Å². The van der Waals surface area contributed by atoms with Crippen LogP contribution in [0.5, 0.6) is 11.6 Å². The minimum absolute atomic E-state index is 0.498. The molecule has 0 saturated carbocycles. The molecule has 3 rings (SSSR count). The molecule has 0 aliphatic carbocycles. The molecule has 3 aromatic rings. The van der Waals surface area contributed by atoms with E-state index in [4.69, 9.17) is 10.5 Å². The zero-order chi connectivity index (χ0) is 13.4. The Labute approximate surface area is 117 Å². The van der Waals surface area contributed by atoms with Gasteiger partial charge in [-0.15, -0.1) is 0 Å². The highest BCUT2D eigenvalue weighted by Crippen LogP contribution is 2.27. The molecule has 7 heteroatoms. The van der Waals surface area contributed by atoms with Crippen LogP contribution < -0.4 is 10.5 Å². The molecule has 0 unspecified atom stereocenters. The van der Waals surface area contributed by atoms with E-state index < -0.39 is 0 Å². The normalized spacial score (nSPS) is 10.8. The van der Waals surface area contributed by atoms with Gasteiger partial charge in [0, 0.05) is 28.0 Å². The molecule has 0 aliphatic heterocycles. The molecule has 2 heterocycles. The minimum Gasteiger partial charge on any atom is -0.439 e. The summed E-state index contributed by atoms with van der Waals surface area (Å²) in [6, 6.07) is 7.16. The van der Waals surface area contributed by atoms with E-state index in [9.17, 15) is 0 Å². The number of hydrogen-bond acceptors (Lipinski definition) is 5. The number of anilines is 1. The van der Waals surface area contributed by atoms with Crippen LogP contribution >= 0.6 is 15.9 Å². The molecule has 0 amide bonds. The Hall–Kier alpha value is -2.15. The average molecular weight is 320 g/mol. The molecule has 1 aromatic carbocycles. The Kier molecular flexibility index (Phi) is 2.83. The van der Waals surface area contributed by atoms with Crippen molar-refractivity contribution in [3.63, 3.8) is 0 Å². The number of ether oxygens (including phenoxy) is 1. The van der Waals surface area contributed by atoms with Crippen LogP contribution in [0.4, 0.5) is 5.69 Å². The van der Waals surface area contributed by atoms with Crippen molar-refractivity contribution >= 4 is 27.4 Å². The number of nitrogen functional groups attached to an aromatic ring is 1. The van der Waals surface area contributed by atoms with E-state index in [0.29, 0.717) is 23.1 Å². The van der Waals surface area contributed by atoms with Crippen molar-refractivity contribution in [2.75, 3.05) is 5.73 Å². The van der Waals surface area contributed by atoms with E-state index in [0.717, 1.165) is 10.2 Å². The van der Waals surface area contributed by atoms with Crippen molar-refractivity contribution in [3.8, 4) is 11.6 Å². The lowest BCUT2D eigenvalue weighted by Crippen LogP contribution is -1.99. The molecular formula is C12H10BrN5O. The first-order chi connectivity index (χ1) is 9.11. The highest BCUT2D eigenvalue weighted by Gasteiger charge is 2.08. The number of halogens is 1. The third-order valence-corrected chi connectivity index (χ3v) is 2.92. The number of nitrogens with two attached hydrogens (primary N) is 1. The Morgan fingerprint density at radius 3 is 2.89 bits per heavy atom. The smallest absolute Gasteiger partial charge is 0.255 e. The van der Waals surface area contributed by atoms with Crippen LogP contribution in [-0.2, 0) is 0 Å². The van der Waals surface area contributed by atoms with Crippen molar-refractivity contribution in [1.82, 2.24) is 19.6 Å². The summed E-state index contributed by atoms with van der Waals surface area (Å²) in [4.78, 5) is 8.29. The second-order valence-electron chi connectivity index (χ2n) is 4.03. The molecular weight excluding hydrogens is 310 g/mol. The molecule has 19 heavy (non-hydrogen) atoms. The number of aryl methyl sites for hydroxylation is 1. The zero-order valence-electron chi connectivity index (χ0n) is 10.0. The molecule has 6 nitrogen and oxygen atoms in total. The fraction of sp³-hybridized carbons (Fsp3) is 0.0833. The van der Waals surface area contributed by atoms with Gasteiger partial charge < -0.3 is 10.5 Å². The molecule has 2 aromatic heterocycles. The van der Waals surface area contributed by atoms with Gasteiger partial charge in [0.15, 0.2) is 0 Å². The number of rotatable bonds is 2. The van der Waals surface area contributed by atoms with E-state index in [-0.39, 0.29) is 0 Å². The first-order valence-corrected chi connectivity index (χ1v) is 6.32. The van der Waals surface area contributed by atoms with Crippen LogP contribution in [-0.4, -0.2) is 19.6 Å². The van der Waals surface area contributed by atoms with Gasteiger partial charge >= 0.3 is 0 Å². The van der Waals surface area contributed by atoms with Crippen LogP contribution in [0.2, 0.25) is 0 Å². The molecule has 2 N–H and O–H groups in total. The lowest BCUT2D eigenvalue weighted by molar-refractivity contribution is 0.445. The van der Waals surface area contributed by atoms with Crippen LogP contribution in [0.3, 0.4) is 0 Å². The Bertz CT molecular complexity index is 735. The maximum absolute atomic E-state index is 5.80.